The van der Waals surface area contributed by atoms with Gasteiger partial charge in [0.15, 0.2) is 0 Å². The normalized spacial score (nSPS) is 12.1. The molecule has 6 nitrogen and oxygen atoms in total. The standard InChI is InChI=1S/C14H17NO4S.C5H5N/c16-14-7-4-11-10-12(5-6-13(11)15-14)19-8-2-1-3-9-20(17)18;1-2-4-6-5-3-1/h5-6,9-10H,1-4,7-8H2,(H,15,16);1-5H. The molecule has 0 saturated heterocycles. The van der Waals surface area contributed by atoms with Gasteiger partial charge in [0.2, 0.25) is 16.2 Å². The van der Waals surface area contributed by atoms with Crippen molar-refractivity contribution in [2.75, 3.05) is 11.9 Å². The average molecular weight is 374 g/mol. The Morgan fingerprint density at radius 1 is 1.12 bits per heavy atom. The van der Waals surface area contributed by atoms with E-state index in [2.05, 4.69) is 10.3 Å². The van der Waals surface area contributed by atoms with E-state index in [1.54, 1.807) is 12.4 Å². The molecular weight excluding hydrogens is 352 g/mol. The molecule has 1 aromatic heterocycles. The zero-order valence-corrected chi connectivity index (χ0v) is 15.2. The topological polar surface area (TPSA) is 85.4 Å². The SMILES string of the molecule is O=C1CCc2cc(OCCCCC=S(=O)=O)ccc2N1.c1ccncc1. The Labute approximate surface area is 154 Å². The third-order valence-electron chi connectivity index (χ3n) is 3.66. The average Bonchev–Trinajstić information content (AvgIpc) is 2.66. The highest BCUT2D eigenvalue weighted by molar-refractivity contribution is 7.71. The molecule has 0 spiro atoms. The molecule has 0 atom stereocenters. The number of pyridine rings is 1. The van der Waals surface area contributed by atoms with Crippen LogP contribution in [0.2, 0.25) is 0 Å². The lowest BCUT2D eigenvalue weighted by Gasteiger charge is -2.17. The van der Waals surface area contributed by atoms with Crippen LogP contribution in [-0.4, -0.2) is 31.3 Å². The maximum Gasteiger partial charge on any atom is 0.224 e. The van der Waals surface area contributed by atoms with E-state index >= 15 is 0 Å². The van der Waals surface area contributed by atoms with Crippen LogP contribution in [0.15, 0.2) is 48.8 Å². The zero-order valence-electron chi connectivity index (χ0n) is 14.4. The first-order valence-corrected chi connectivity index (χ1v) is 9.61. The van der Waals surface area contributed by atoms with E-state index in [9.17, 15) is 13.2 Å². The van der Waals surface area contributed by atoms with Gasteiger partial charge in [0, 0.05) is 29.9 Å². The molecule has 1 aliphatic heterocycles. The number of hydrogen-bond donors (Lipinski definition) is 1. The number of rotatable bonds is 6. The molecule has 0 fully saturated rings. The minimum absolute atomic E-state index is 0.0539. The van der Waals surface area contributed by atoms with Gasteiger partial charge in [-0.25, -0.2) is 0 Å². The van der Waals surface area contributed by atoms with Crippen molar-refractivity contribution < 1.29 is 17.9 Å². The first-order valence-electron chi connectivity index (χ1n) is 8.47. The zero-order chi connectivity index (χ0) is 18.6. The fourth-order valence-electron chi connectivity index (χ4n) is 2.38. The number of hydrogen-bond acceptors (Lipinski definition) is 5. The number of benzene rings is 1. The van der Waals surface area contributed by atoms with Crippen molar-refractivity contribution >= 4 is 27.3 Å². The van der Waals surface area contributed by atoms with Crippen LogP contribution in [0.1, 0.15) is 31.2 Å². The highest BCUT2D eigenvalue weighted by Gasteiger charge is 2.14. The minimum Gasteiger partial charge on any atom is -0.494 e. The molecular formula is C19H22N2O4S. The quantitative estimate of drug-likeness (QED) is 0.621. The van der Waals surface area contributed by atoms with Crippen molar-refractivity contribution in [2.24, 2.45) is 0 Å². The molecule has 1 aliphatic rings. The minimum atomic E-state index is -2.06. The fourth-order valence-corrected chi connectivity index (χ4v) is 2.74. The molecule has 2 heterocycles. The molecule has 1 aromatic carbocycles. The number of amides is 1. The molecule has 0 saturated carbocycles. The van der Waals surface area contributed by atoms with E-state index in [1.165, 1.54) is 5.37 Å². The van der Waals surface area contributed by atoms with Gasteiger partial charge in [-0.05, 0) is 61.6 Å². The van der Waals surface area contributed by atoms with Gasteiger partial charge < -0.3 is 10.1 Å². The summed E-state index contributed by atoms with van der Waals surface area (Å²) in [6.07, 6.45) is 6.90. The number of aromatic nitrogens is 1. The van der Waals surface area contributed by atoms with Crippen LogP contribution >= 0.6 is 0 Å². The molecule has 0 bridgehead atoms. The van der Waals surface area contributed by atoms with E-state index in [0.29, 0.717) is 19.4 Å². The summed E-state index contributed by atoms with van der Waals surface area (Å²) in [5, 5.41) is 4.09. The monoisotopic (exact) mass is 374 g/mol. The van der Waals surface area contributed by atoms with E-state index in [0.717, 1.165) is 36.3 Å². The van der Waals surface area contributed by atoms with Gasteiger partial charge >= 0.3 is 0 Å². The first-order chi connectivity index (χ1) is 12.6. The Bertz CT molecular complexity index is 801. The van der Waals surface area contributed by atoms with Gasteiger partial charge in [0.05, 0.1) is 6.61 Å². The Balaban J connectivity index is 0.000000342. The number of fused-ring (bicyclic) bond motifs is 1. The molecule has 138 valence electrons. The molecule has 2 aromatic rings. The molecule has 0 aliphatic carbocycles. The largest absolute Gasteiger partial charge is 0.494 e. The van der Waals surface area contributed by atoms with Gasteiger partial charge in [-0.2, -0.15) is 8.42 Å². The van der Waals surface area contributed by atoms with E-state index in [-0.39, 0.29) is 5.91 Å². The summed E-state index contributed by atoms with van der Waals surface area (Å²) in [5.41, 5.74) is 1.96. The summed E-state index contributed by atoms with van der Waals surface area (Å²) in [7, 11) is -2.06. The van der Waals surface area contributed by atoms with Gasteiger partial charge in [0.25, 0.3) is 0 Å². The number of carbonyl (C=O) groups excluding carboxylic acids is 1. The molecule has 7 heteroatoms. The third-order valence-corrected chi connectivity index (χ3v) is 4.17. The highest BCUT2D eigenvalue weighted by atomic mass is 32.2. The van der Waals surface area contributed by atoms with Gasteiger partial charge in [-0.15, -0.1) is 0 Å². The fraction of sp³-hybridized carbons (Fsp3) is 0.316. The van der Waals surface area contributed by atoms with Crippen LogP contribution in [0, 0.1) is 0 Å². The molecule has 3 rings (SSSR count). The van der Waals surface area contributed by atoms with Gasteiger partial charge in [0.1, 0.15) is 5.75 Å². The summed E-state index contributed by atoms with van der Waals surface area (Å²) >= 11 is 0. The van der Waals surface area contributed by atoms with Crippen LogP contribution < -0.4 is 10.1 Å². The summed E-state index contributed by atoms with van der Waals surface area (Å²) in [6.45, 7) is 0.560. The van der Waals surface area contributed by atoms with Gasteiger partial charge in [-0.1, -0.05) is 6.07 Å². The lowest BCUT2D eigenvalue weighted by Crippen LogP contribution is -2.18. The van der Waals surface area contributed by atoms with Crippen molar-refractivity contribution in [3.8, 4) is 5.75 Å². The van der Waals surface area contributed by atoms with E-state index in [4.69, 9.17) is 4.74 Å². The van der Waals surface area contributed by atoms with Crippen LogP contribution in [0.3, 0.4) is 0 Å². The lowest BCUT2D eigenvalue weighted by molar-refractivity contribution is -0.116. The molecule has 26 heavy (non-hydrogen) atoms. The molecule has 1 amide bonds. The predicted molar refractivity (Wildman–Crippen MR) is 102 cm³/mol. The van der Waals surface area contributed by atoms with Crippen LogP contribution in [0.25, 0.3) is 0 Å². The second-order valence-electron chi connectivity index (χ2n) is 5.66. The maximum absolute atomic E-state index is 11.2. The van der Waals surface area contributed by atoms with Crippen molar-refractivity contribution in [3.63, 3.8) is 0 Å². The molecule has 1 N–H and O–H groups in total. The van der Waals surface area contributed by atoms with E-state index in [1.807, 2.05) is 36.4 Å². The first kappa shape index (κ1) is 19.7. The predicted octanol–water partition coefficient (Wildman–Crippen LogP) is 2.88. The number of nitrogens with one attached hydrogen (secondary N) is 1. The number of unbranched alkanes of at least 4 members (excludes halogenated alkanes) is 2. The van der Waals surface area contributed by atoms with Crippen molar-refractivity contribution in [1.82, 2.24) is 4.98 Å². The Kier molecular flexibility index (Phi) is 8.35. The molecule has 0 unspecified atom stereocenters. The summed E-state index contributed by atoms with van der Waals surface area (Å²) < 4.78 is 26.2. The number of carbonyl (C=O) groups is 1. The Hall–Kier alpha value is -2.67. The maximum atomic E-state index is 11.2. The lowest BCUT2D eigenvalue weighted by atomic mass is 10.0. The number of ether oxygens (including phenoxy) is 1. The van der Waals surface area contributed by atoms with Crippen LogP contribution in [0.4, 0.5) is 5.69 Å². The number of nitrogens with zero attached hydrogens (tertiary/aromatic N) is 1. The third kappa shape index (κ3) is 7.48. The summed E-state index contributed by atoms with van der Waals surface area (Å²) in [6, 6.07) is 11.4. The summed E-state index contributed by atoms with van der Waals surface area (Å²) in [5.74, 6) is 0.842. The van der Waals surface area contributed by atoms with Gasteiger partial charge in [-0.3, -0.25) is 9.78 Å². The Morgan fingerprint density at radius 2 is 1.92 bits per heavy atom. The second-order valence-corrected chi connectivity index (χ2v) is 6.52. The number of aryl methyl sites for hydroxylation is 1. The van der Waals surface area contributed by atoms with Crippen molar-refractivity contribution in [2.45, 2.75) is 32.1 Å². The molecule has 0 radical (unpaired) electrons. The second kappa shape index (κ2) is 11.0. The Morgan fingerprint density at radius 3 is 2.58 bits per heavy atom. The summed E-state index contributed by atoms with van der Waals surface area (Å²) in [4.78, 5) is 15.0. The number of anilines is 1. The van der Waals surface area contributed by atoms with E-state index < -0.39 is 10.3 Å². The highest BCUT2D eigenvalue weighted by Crippen LogP contribution is 2.26. The van der Waals surface area contributed by atoms with Crippen molar-refractivity contribution in [3.05, 3.63) is 54.4 Å². The van der Waals surface area contributed by atoms with Crippen LogP contribution in [0.5, 0.6) is 5.75 Å². The van der Waals surface area contributed by atoms with Crippen molar-refractivity contribution in [1.29, 1.82) is 0 Å². The van der Waals surface area contributed by atoms with Crippen LogP contribution in [-0.2, 0) is 21.5 Å². The smallest absolute Gasteiger partial charge is 0.224 e.